The van der Waals surface area contributed by atoms with Crippen LogP contribution in [-0.2, 0) is 14.3 Å². The summed E-state index contributed by atoms with van der Waals surface area (Å²) in [6.07, 6.45) is 1.78. The van der Waals surface area contributed by atoms with E-state index < -0.39 is 18.0 Å². The maximum atomic E-state index is 12.1. The summed E-state index contributed by atoms with van der Waals surface area (Å²) in [6.45, 7) is 3.45. The average Bonchev–Trinajstić information content (AvgIpc) is 2.67. The number of hydrogen-bond donors (Lipinski definition) is 1. The van der Waals surface area contributed by atoms with E-state index in [9.17, 15) is 9.59 Å². The van der Waals surface area contributed by atoms with Crippen molar-refractivity contribution in [2.75, 3.05) is 19.5 Å². The fraction of sp³-hybridized carbons (Fsp3) is 0.238. The Morgan fingerprint density at radius 2 is 1.79 bits per heavy atom. The zero-order valence-corrected chi connectivity index (χ0v) is 16.9. The monoisotopic (exact) mass is 403 g/mol. The Balaban J connectivity index is 1.98. The summed E-state index contributed by atoms with van der Waals surface area (Å²) in [5, 5.41) is 3.04. The third kappa shape index (κ3) is 5.76. The minimum Gasteiger partial charge on any atom is -0.493 e. The number of methoxy groups -OCH3 is 2. The predicted molar refractivity (Wildman–Crippen MR) is 109 cm³/mol. The average molecular weight is 404 g/mol. The van der Waals surface area contributed by atoms with E-state index in [4.69, 9.17) is 25.8 Å². The molecule has 0 radical (unpaired) electrons. The Morgan fingerprint density at radius 1 is 1.11 bits per heavy atom. The first-order chi connectivity index (χ1) is 13.3. The quantitative estimate of drug-likeness (QED) is 0.552. The van der Waals surface area contributed by atoms with Crippen LogP contribution in [0.25, 0.3) is 6.08 Å². The molecule has 0 aromatic heterocycles. The minimum absolute atomic E-state index is 0.348. The normalized spacial score (nSPS) is 11.8. The molecule has 0 heterocycles. The highest BCUT2D eigenvalue weighted by Gasteiger charge is 2.17. The second kappa shape index (κ2) is 9.80. The molecule has 1 atom stereocenters. The van der Waals surface area contributed by atoms with E-state index in [2.05, 4.69) is 5.32 Å². The molecule has 0 spiro atoms. The Bertz CT molecular complexity index is 877. The van der Waals surface area contributed by atoms with Gasteiger partial charge in [-0.2, -0.15) is 0 Å². The highest BCUT2D eigenvalue weighted by molar-refractivity contribution is 6.32. The topological polar surface area (TPSA) is 73.9 Å². The van der Waals surface area contributed by atoms with Crippen LogP contribution in [0, 0.1) is 6.92 Å². The van der Waals surface area contributed by atoms with Crippen LogP contribution in [0.3, 0.4) is 0 Å². The number of carbonyl (C=O) groups excluding carboxylic acids is 2. The molecule has 1 N–H and O–H groups in total. The zero-order chi connectivity index (χ0) is 20.7. The molecule has 0 aliphatic heterocycles. The van der Waals surface area contributed by atoms with Crippen LogP contribution in [-0.4, -0.2) is 32.2 Å². The van der Waals surface area contributed by atoms with Gasteiger partial charge in [0.1, 0.15) is 0 Å². The largest absolute Gasteiger partial charge is 0.493 e. The van der Waals surface area contributed by atoms with Crippen molar-refractivity contribution in [2.45, 2.75) is 20.0 Å². The van der Waals surface area contributed by atoms with Crippen LogP contribution in [0.15, 0.2) is 42.5 Å². The summed E-state index contributed by atoms with van der Waals surface area (Å²) in [5.74, 6) is -0.226. The third-order valence-corrected chi connectivity index (χ3v) is 4.13. The number of esters is 1. The summed E-state index contributed by atoms with van der Waals surface area (Å²) in [5.41, 5.74) is 2.34. The Hall–Kier alpha value is -2.99. The summed E-state index contributed by atoms with van der Waals surface area (Å²) >= 11 is 6.13. The maximum absolute atomic E-state index is 12.1. The van der Waals surface area contributed by atoms with Crippen molar-refractivity contribution < 1.29 is 23.8 Å². The van der Waals surface area contributed by atoms with Gasteiger partial charge in [0.2, 0.25) is 0 Å². The molecular formula is C21H22ClNO5. The van der Waals surface area contributed by atoms with Gasteiger partial charge >= 0.3 is 5.97 Å². The molecule has 7 heteroatoms. The van der Waals surface area contributed by atoms with Gasteiger partial charge in [0.15, 0.2) is 17.6 Å². The van der Waals surface area contributed by atoms with E-state index in [-0.39, 0.29) is 0 Å². The summed E-state index contributed by atoms with van der Waals surface area (Å²) in [4.78, 5) is 24.2. The number of anilines is 1. The van der Waals surface area contributed by atoms with E-state index in [0.29, 0.717) is 27.8 Å². The van der Waals surface area contributed by atoms with E-state index >= 15 is 0 Å². The first-order valence-corrected chi connectivity index (χ1v) is 8.89. The Kier molecular flexibility index (Phi) is 7.46. The smallest absolute Gasteiger partial charge is 0.331 e. The van der Waals surface area contributed by atoms with Crippen molar-refractivity contribution in [3.63, 3.8) is 0 Å². The molecule has 2 rings (SSSR count). The fourth-order valence-corrected chi connectivity index (χ4v) is 2.64. The van der Waals surface area contributed by atoms with E-state index in [1.807, 2.05) is 19.1 Å². The molecule has 0 saturated carbocycles. The molecule has 2 aromatic rings. The number of aryl methyl sites for hydroxylation is 1. The first-order valence-electron chi connectivity index (χ1n) is 8.51. The third-order valence-electron chi connectivity index (χ3n) is 3.85. The van der Waals surface area contributed by atoms with Crippen molar-refractivity contribution in [2.24, 2.45) is 0 Å². The van der Waals surface area contributed by atoms with Crippen molar-refractivity contribution in [1.29, 1.82) is 0 Å². The Morgan fingerprint density at radius 3 is 2.39 bits per heavy atom. The molecule has 1 amide bonds. The molecule has 148 valence electrons. The fourth-order valence-electron chi connectivity index (χ4n) is 2.35. The van der Waals surface area contributed by atoms with Gasteiger partial charge in [-0.3, -0.25) is 4.79 Å². The molecule has 28 heavy (non-hydrogen) atoms. The number of carbonyl (C=O) groups is 2. The number of benzene rings is 2. The van der Waals surface area contributed by atoms with Crippen molar-refractivity contribution in [3.8, 4) is 11.5 Å². The van der Waals surface area contributed by atoms with E-state index in [1.54, 1.807) is 24.3 Å². The van der Waals surface area contributed by atoms with E-state index in [0.717, 1.165) is 5.56 Å². The SMILES string of the molecule is COc1cc(/C=C/C(=O)O[C@@H](C)C(=O)Nc2ccc(C)cc2)cc(Cl)c1OC. The lowest BCUT2D eigenvalue weighted by Crippen LogP contribution is -2.29. The van der Waals surface area contributed by atoms with Gasteiger partial charge in [0.25, 0.3) is 5.91 Å². The van der Waals surface area contributed by atoms with Crippen molar-refractivity contribution in [1.82, 2.24) is 0 Å². The van der Waals surface area contributed by atoms with Crippen LogP contribution in [0.1, 0.15) is 18.1 Å². The second-order valence-electron chi connectivity index (χ2n) is 6.01. The summed E-state index contributed by atoms with van der Waals surface area (Å²) in [6, 6.07) is 10.6. The molecule has 0 bridgehead atoms. The molecule has 6 nitrogen and oxygen atoms in total. The van der Waals surface area contributed by atoms with Crippen LogP contribution < -0.4 is 14.8 Å². The van der Waals surface area contributed by atoms with E-state index in [1.165, 1.54) is 33.3 Å². The molecule has 0 aliphatic rings. The van der Waals surface area contributed by atoms with Gasteiger partial charge in [0, 0.05) is 11.8 Å². The van der Waals surface area contributed by atoms with Crippen LogP contribution in [0.2, 0.25) is 5.02 Å². The minimum atomic E-state index is -0.951. The molecular weight excluding hydrogens is 382 g/mol. The van der Waals surface area contributed by atoms with Crippen LogP contribution >= 0.6 is 11.6 Å². The number of amides is 1. The standard InChI is InChI=1S/C21H22ClNO5/c1-13-5-8-16(9-6-13)23-21(25)14(2)28-19(24)10-7-15-11-17(22)20(27-4)18(12-15)26-3/h5-12,14H,1-4H3,(H,23,25)/b10-7+/t14-/m0/s1. The lowest BCUT2D eigenvalue weighted by Gasteiger charge is -2.12. The number of halogens is 1. The predicted octanol–water partition coefficient (Wildman–Crippen LogP) is 4.25. The Labute approximate surface area is 169 Å². The summed E-state index contributed by atoms with van der Waals surface area (Å²) < 4.78 is 15.5. The van der Waals surface area contributed by atoms with Gasteiger partial charge in [0.05, 0.1) is 19.2 Å². The van der Waals surface area contributed by atoms with Gasteiger partial charge < -0.3 is 19.5 Å². The number of hydrogen-bond acceptors (Lipinski definition) is 5. The number of rotatable bonds is 7. The lowest BCUT2D eigenvalue weighted by molar-refractivity contribution is -0.148. The highest BCUT2D eigenvalue weighted by Crippen LogP contribution is 2.36. The molecule has 0 unspecified atom stereocenters. The van der Waals surface area contributed by atoms with Gasteiger partial charge in [-0.1, -0.05) is 29.3 Å². The maximum Gasteiger partial charge on any atom is 0.331 e. The molecule has 2 aromatic carbocycles. The van der Waals surface area contributed by atoms with Gasteiger partial charge in [-0.25, -0.2) is 4.79 Å². The zero-order valence-electron chi connectivity index (χ0n) is 16.1. The second-order valence-corrected chi connectivity index (χ2v) is 6.41. The number of ether oxygens (including phenoxy) is 3. The number of nitrogens with one attached hydrogen (secondary N) is 1. The first kappa shape index (κ1) is 21.3. The molecule has 0 aliphatic carbocycles. The highest BCUT2D eigenvalue weighted by atomic mass is 35.5. The molecule has 0 saturated heterocycles. The molecule has 0 fully saturated rings. The lowest BCUT2D eigenvalue weighted by atomic mass is 10.2. The van der Waals surface area contributed by atoms with Gasteiger partial charge in [-0.15, -0.1) is 0 Å². The van der Waals surface area contributed by atoms with Gasteiger partial charge in [-0.05, 0) is 49.8 Å². The van der Waals surface area contributed by atoms with Crippen molar-refractivity contribution >= 4 is 35.2 Å². The van der Waals surface area contributed by atoms with Crippen molar-refractivity contribution in [3.05, 3.63) is 58.6 Å². The van der Waals surface area contributed by atoms with Crippen LogP contribution in [0.4, 0.5) is 5.69 Å². The van der Waals surface area contributed by atoms with Crippen LogP contribution in [0.5, 0.6) is 11.5 Å². The summed E-state index contributed by atoms with van der Waals surface area (Å²) in [7, 11) is 2.98.